The normalized spacial score (nSPS) is 14.6. The molecule has 0 aliphatic rings. The van der Waals surface area contributed by atoms with Gasteiger partial charge < -0.3 is 14.6 Å². The predicted molar refractivity (Wildman–Crippen MR) is 63.2 cm³/mol. The van der Waals surface area contributed by atoms with Gasteiger partial charge >= 0.3 is 30.2 Å². The second-order valence-electron chi connectivity index (χ2n) is 4.45. The molecule has 1 atom stereocenters. The zero-order chi connectivity index (χ0) is 19.2. The average Bonchev–Trinajstić information content (AvgIpc) is 2.45. The number of halogens is 8. The van der Waals surface area contributed by atoms with Crippen LogP contribution in [0.4, 0.5) is 35.1 Å². The molecule has 0 aliphatic heterocycles. The smallest absolute Gasteiger partial charge is 0.377 e. The van der Waals surface area contributed by atoms with Gasteiger partial charge in [0.15, 0.2) is 0 Å². The van der Waals surface area contributed by atoms with E-state index in [-0.39, 0.29) is 0 Å². The Balaban J connectivity index is 4.39. The summed E-state index contributed by atoms with van der Waals surface area (Å²) >= 11 is 0. The van der Waals surface area contributed by atoms with Crippen LogP contribution in [-0.2, 0) is 14.3 Å². The summed E-state index contributed by atoms with van der Waals surface area (Å²) in [5, 5.41) is 9.09. The quantitative estimate of drug-likeness (QED) is 0.199. The Labute approximate surface area is 131 Å². The van der Waals surface area contributed by atoms with Crippen molar-refractivity contribution in [1.29, 1.82) is 0 Å². The molecule has 0 radical (unpaired) electrons. The molecule has 0 aliphatic carbocycles. The van der Waals surface area contributed by atoms with Crippen LogP contribution in [0.25, 0.3) is 0 Å². The van der Waals surface area contributed by atoms with Crippen LogP contribution in [0.1, 0.15) is 12.8 Å². The molecule has 1 unspecified atom stereocenters. The van der Waals surface area contributed by atoms with Crippen molar-refractivity contribution in [3.63, 3.8) is 0 Å². The van der Waals surface area contributed by atoms with Gasteiger partial charge in [0.2, 0.25) is 6.29 Å². The lowest BCUT2D eigenvalue weighted by Gasteiger charge is -2.32. The first-order valence-corrected chi connectivity index (χ1v) is 6.30. The van der Waals surface area contributed by atoms with Gasteiger partial charge in [0.25, 0.3) is 0 Å². The number of hydrogen-bond donors (Lipinski definition) is 1. The molecule has 142 valence electrons. The monoisotopic (exact) mass is 374 g/mol. The molecule has 0 rings (SSSR count). The van der Waals surface area contributed by atoms with Gasteiger partial charge in [0.05, 0.1) is 13.2 Å². The second-order valence-corrected chi connectivity index (χ2v) is 4.45. The molecule has 0 spiro atoms. The van der Waals surface area contributed by atoms with E-state index in [0.29, 0.717) is 0 Å². The summed E-state index contributed by atoms with van der Waals surface area (Å²) in [5.74, 6) is -19.0. The molecule has 0 saturated heterocycles. The summed E-state index contributed by atoms with van der Waals surface area (Å²) in [6.07, 6.45) is -8.36. The minimum Gasteiger partial charge on any atom is -0.433 e. The summed E-state index contributed by atoms with van der Waals surface area (Å²) in [4.78, 5) is 10.6. The fourth-order valence-electron chi connectivity index (χ4n) is 1.27. The molecule has 12 heteroatoms. The Kier molecular flexibility index (Phi) is 8.09. The Morgan fingerprint density at radius 2 is 1.67 bits per heavy atom. The van der Waals surface area contributed by atoms with E-state index in [1.165, 1.54) is 0 Å². The van der Waals surface area contributed by atoms with Crippen molar-refractivity contribution in [2.75, 3.05) is 13.2 Å². The maximum Gasteiger partial charge on any atom is 0.377 e. The summed E-state index contributed by atoms with van der Waals surface area (Å²) in [6, 6.07) is 0. The number of alkyl halides is 8. The maximum absolute atomic E-state index is 13.1. The highest BCUT2D eigenvalue weighted by Crippen LogP contribution is 2.49. The number of rotatable bonds is 11. The van der Waals surface area contributed by atoms with Crippen molar-refractivity contribution in [3.8, 4) is 0 Å². The van der Waals surface area contributed by atoms with Crippen molar-refractivity contribution in [2.24, 2.45) is 0 Å². The van der Waals surface area contributed by atoms with Crippen LogP contribution < -0.4 is 0 Å². The molecule has 0 aromatic rings. The van der Waals surface area contributed by atoms with Crippen LogP contribution in [0.5, 0.6) is 0 Å². The Bertz CT molecular complexity index is 427. The summed E-state index contributed by atoms with van der Waals surface area (Å²) in [6.45, 7) is 1.27. The summed E-state index contributed by atoms with van der Waals surface area (Å²) in [7, 11) is 0. The molecule has 24 heavy (non-hydrogen) atoms. The van der Waals surface area contributed by atoms with Gasteiger partial charge in [-0.15, -0.1) is 0 Å². The number of carbonyl (C=O) groups is 1. The van der Waals surface area contributed by atoms with E-state index in [1.54, 1.807) is 0 Å². The lowest BCUT2D eigenvalue weighted by molar-refractivity contribution is -0.340. The van der Waals surface area contributed by atoms with Crippen LogP contribution >= 0.6 is 0 Å². The Morgan fingerprint density at radius 3 is 2.12 bits per heavy atom. The van der Waals surface area contributed by atoms with Crippen molar-refractivity contribution in [2.45, 2.75) is 43.3 Å². The molecule has 0 bridgehead atoms. The number of aliphatic hydroxyl groups excluding tert-OH is 1. The van der Waals surface area contributed by atoms with Gasteiger partial charge in [-0.3, -0.25) is 0 Å². The van der Waals surface area contributed by atoms with Gasteiger partial charge in [-0.1, -0.05) is 6.58 Å². The van der Waals surface area contributed by atoms with Crippen LogP contribution in [0.15, 0.2) is 12.7 Å². The minimum atomic E-state index is -6.28. The van der Waals surface area contributed by atoms with Crippen molar-refractivity contribution >= 4 is 5.97 Å². The maximum atomic E-state index is 13.1. The fourth-order valence-corrected chi connectivity index (χ4v) is 1.27. The fraction of sp³-hybridized carbons (Fsp3) is 0.750. The summed E-state index contributed by atoms with van der Waals surface area (Å²) < 4.78 is 109. The second kappa shape index (κ2) is 8.60. The first kappa shape index (κ1) is 22.6. The zero-order valence-electron chi connectivity index (χ0n) is 12.0. The molecule has 0 saturated carbocycles. The molecule has 0 aromatic heterocycles. The van der Waals surface area contributed by atoms with Gasteiger partial charge in [-0.25, -0.2) is 13.6 Å². The molecular formula is C12H14F8O4. The number of aliphatic hydroxyl groups is 1. The Morgan fingerprint density at radius 1 is 1.12 bits per heavy atom. The van der Waals surface area contributed by atoms with Crippen LogP contribution in [-0.4, -0.2) is 54.8 Å². The van der Waals surface area contributed by atoms with E-state index in [0.717, 1.165) is 6.08 Å². The average molecular weight is 374 g/mol. The van der Waals surface area contributed by atoms with Crippen molar-refractivity contribution < 1.29 is 54.5 Å². The molecule has 0 heterocycles. The highest BCUT2D eigenvalue weighted by molar-refractivity contribution is 5.81. The van der Waals surface area contributed by atoms with Gasteiger partial charge in [0, 0.05) is 18.9 Å². The molecule has 4 nitrogen and oxygen atoms in total. The van der Waals surface area contributed by atoms with Crippen LogP contribution in [0.2, 0.25) is 0 Å². The lowest BCUT2D eigenvalue weighted by atomic mass is 10.0. The lowest BCUT2D eigenvalue weighted by Crippen LogP contribution is -2.57. The van der Waals surface area contributed by atoms with Crippen molar-refractivity contribution in [1.82, 2.24) is 0 Å². The van der Waals surface area contributed by atoms with Gasteiger partial charge in [-0.05, 0) is 0 Å². The van der Waals surface area contributed by atoms with Crippen LogP contribution in [0, 0.1) is 0 Å². The minimum absolute atomic E-state index is 0.436. The van der Waals surface area contributed by atoms with Gasteiger partial charge in [0.1, 0.15) is 0 Å². The zero-order valence-corrected chi connectivity index (χ0v) is 12.0. The van der Waals surface area contributed by atoms with Crippen molar-refractivity contribution in [3.05, 3.63) is 12.7 Å². The number of carbonyl (C=O) groups excluding carboxylic acids is 1. The third kappa shape index (κ3) is 5.58. The van der Waals surface area contributed by atoms with E-state index in [2.05, 4.69) is 16.1 Å². The molecule has 1 N–H and O–H groups in total. The van der Waals surface area contributed by atoms with E-state index in [9.17, 15) is 39.9 Å². The number of ether oxygens (including phenoxy) is 2. The SMILES string of the molecule is C=CC(=O)OC(O)CCOCCC(F)(F)C(F)(F)C(F)(F)C(F)F. The first-order chi connectivity index (χ1) is 10.8. The molecule has 0 aromatic carbocycles. The molecule has 0 fully saturated rings. The van der Waals surface area contributed by atoms with E-state index in [1.807, 2.05) is 0 Å². The molecular weight excluding hydrogens is 360 g/mol. The molecule has 0 amide bonds. The van der Waals surface area contributed by atoms with Gasteiger partial charge in [-0.2, -0.15) is 26.3 Å². The third-order valence-corrected chi connectivity index (χ3v) is 2.64. The van der Waals surface area contributed by atoms with E-state index in [4.69, 9.17) is 5.11 Å². The number of hydrogen-bond acceptors (Lipinski definition) is 4. The third-order valence-electron chi connectivity index (χ3n) is 2.64. The van der Waals surface area contributed by atoms with E-state index >= 15 is 0 Å². The highest BCUT2D eigenvalue weighted by Gasteiger charge is 2.74. The van der Waals surface area contributed by atoms with E-state index < -0.39 is 62.5 Å². The summed E-state index contributed by atoms with van der Waals surface area (Å²) in [5.41, 5.74) is 0. The standard InChI is InChI=1S/C12H14F8O4/c1-2-7(21)24-8(22)3-5-23-6-4-10(15,16)12(19,20)11(17,18)9(13)14/h2,8-9,22H,1,3-6H2. The number of esters is 1. The Hall–Kier alpha value is -1.43. The van der Waals surface area contributed by atoms with Crippen LogP contribution in [0.3, 0.4) is 0 Å². The largest absolute Gasteiger partial charge is 0.433 e. The topological polar surface area (TPSA) is 55.8 Å². The first-order valence-electron chi connectivity index (χ1n) is 6.30. The highest BCUT2D eigenvalue weighted by atomic mass is 19.4. The predicted octanol–water partition coefficient (Wildman–Crippen LogP) is 3.00.